The third-order valence-corrected chi connectivity index (χ3v) is 4.47. The van der Waals surface area contributed by atoms with Crippen molar-refractivity contribution in [1.82, 2.24) is 4.90 Å². The number of methoxy groups -OCH3 is 1. The third-order valence-electron chi connectivity index (χ3n) is 3.24. The molecule has 1 N–H and O–H groups in total. The number of rotatable bonds is 7. The van der Waals surface area contributed by atoms with Crippen molar-refractivity contribution in [3.05, 3.63) is 0 Å². The molecule has 0 unspecified atom stereocenters. The maximum atomic E-state index is 9.68. The lowest BCUT2D eigenvalue weighted by atomic mass is 10.2. The molecule has 0 aromatic rings. The second-order valence-electron chi connectivity index (χ2n) is 4.59. The van der Waals surface area contributed by atoms with Crippen LogP contribution in [-0.4, -0.2) is 60.5 Å². The topological polar surface area (TPSA) is 32.7 Å². The molecule has 96 valence electrons. The molecular formula is C12H25NO2S. The quantitative estimate of drug-likeness (QED) is 0.741. The van der Waals surface area contributed by atoms with Crippen molar-refractivity contribution in [2.45, 2.75) is 43.6 Å². The highest BCUT2D eigenvalue weighted by atomic mass is 32.2. The number of hydrogen-bond acceptors (Lipinski definition) is 4. The average molecular weight is 247 g/mol. The number of nitrogens with zero attached hydrogens (tertiary/aromatic N) is 1. The summed E-state index contributed by atoms with van der Waals surface area (Å²) in [6.07, 6.45) is 3.52. The van der Waals surface area contributed by atoms with Gasteiger partial charge in [0.05, 0.1) is 12.7 Å². The molecule has 3 atom stereocenters. The summed E-state index contributed by atoms with van der Waals surface area (Å²) >= 11 is 2.08. The van der Waals surface area contributed by atoms with E-state index < -0.39 is 0 Å². The van der Waals surface area contributed by atoms with Crippen LogP contribution in [0.4, 0.5) is 0 Å². The van der Waals surface area contributed by atoms with E-state index in [4.69, 9.17) is 4.74 Å². The van der Waals surface area contributed by atoms with Gasteiger partial charge < -0.3 is 14.7 Å². The second-order valence-corrected chi connectivity index (χ2v) is 6.17. The molecule has 0 saturated heterocycles. The minimum atomic E-state index is -0.354. The van der Waals surface area contributed by atoms with Crippen molar-refractivity contribution in [2.75, 3.05) is 33.1 Å². The lowest BCUT2D eigenvalue weighted by molar-refractivity contribution is 0.0348. The van der Waals surface area contributed by atoms with Crippen LogP contribution in [0.3, 0.4) is 0 Å². The highest BCUT2D eigenvalue weighted by Gasteiger charge is 2.28. The normalized spacial score (nSPS) is 27.6. The molecular weight excluding hydrogens is 222 g/mol. The van der Waals surface area contributed by atoms with E-state index in [2.05, 4.69) is 30.6 Å². The Kier molecular flexibility index (Phi) is 6.73. The van der Waals surface area contributed by atoms with Gasteiger partial charge in [0.15, 0.2) is 0 Å². The van der Waals surface area contributed by atoms with Gasteiger partial charge in [-0.05, 0) is 32.1 Å². The Balaban J connectivity index is 2.24. The smallest absolute Gasteiger partial charge is 0.0900 e. The average Bonchev–Trinajstić information content (AvgIpc) is 2.67. The predicted octanol–water partition coefficient (Wildman–Crippen LogP) is 1.60. The van der Waals surface area contributed by atoms with Gasteiger partial charge in [0.2, 0.25) is 0 Å². The summed E-state index contributed by atoms with van der Waals surface area (Å²) in [6.45, 7) is 3.39. The van der Waals surface area contributed by atoms with E-state index in [1.54, 1.807) is 7.11 Å². The minimum Gasteiger partial charge on any atom is -0.389 e. The lowest BCUT2D eigenvalue weighted by Gasteiger charge is -2.26. The molecule has 0 amide bonds. The number of hydrogen-bond donors (Lipinski definition) is 1. The van der Waals surface area contributed by atoms with Gasteiger partial charge in [-0.2, -0.15) is 11.8 Å². The van der Waals surface area contributed by atoms with Gasteiger partial charge in [-0.25, -0.2) is 0 Å². The number of likely N-dealkylation sites (N-methyl/N-ethyl adjacent to an activating group) is 1. The van der Waals surface area contributed by atoms with E-state index in [1.807, 2.05) is 0 Å². The molecule has 1 fully saturated rings. The molecule has 1 saturated carbocycles. The highest BCUT2D eigenvalue weighted by molar-refractivity contribution is 7.99. The van der Waals surface area contributed by atoms with E-state index in [0.717, 1.165) is 11.8 Å². The zero-order chi connectivity index (χ0) is 12.0. The summed E-state index contributed by atoms with van der Waals surface area (Å²) in [6, 6.07) is 0.649. The molecule has 0 aromatic heterocycles. The first-order valence-corrected chi connectivity index (χ1v) is 7.21. The molecule has 0 heterocycles. The number of aliphatic hydroxyl groups is 1. The van der Waals surface area contributed by atoms with Crippen molar-refractivity contribution >= 4 is 11.8 Å². The fraction of sp³-hybridized carbons (Fsp3) is 1.00. The maximum absolute atomic E-state index is 9.68. The molecule has 4 heteroatoms. The van der Waals surface area contributed by atoms with E-state index in [0.29, 0.717) is 12.6 Å². The van der Waals surface area contributed by atoms with Crippen molar-refractivity contribution < 1.29 is 9.84 Å². The molecule has 16 heavy (non-hydrogen) atoms. The molecule has 0 aliphatic heterocycles. The van der Waals surface area contributed by atoms with Gasteiger partial charge in [0.25, 0.3) is 0 Å². The Morgan fingerprint density at radius 2 is 2.25 bits per heavy atom. The van der Waals surface area contributed by atoms with Crippen molar-refractivity contribution in [3.8, 4) is 0 Å². The van der Waals surface area contributed by atoms with E-state index >= 15 is 0 Å². The van der Waals surface area contributed by atoms with E-state index in [-0.39, 0.29) is 6.10 Å². The first-order valence-electron chi connectivity index (χ1n) is 6.16. The first-order chi connectivity index (χ1) is 7.67. The van der Waals surface area contributed by atoms with Crippen LogP contribution in [0, 0.1) is 0 Å². The summed E-state index contributed by atoms with van der Waals surface area (Å²) in [7, 11) is 3.75. The van der Waals surface area contributed by atoms with Gasteiger partial charge in [-0.15, -0.1) is 0 Å². The highest BCUT2D eigenvalue weighted by Crippen LogP contribution is 2.32. The van der Waals surface area contributed by atoms with Gasteiger partial charge in [-0.3, -0.25) is 0 Å². The monoisotopic (exact) mass is 247 g/mol. The third kappa shape index (κ3) is 4.62. The number of ether oxygens (including phenoxy) is 1. The fourth-order valence-corrected chi connectivity index (χ4v) is 3.56. The minimum absolute atomic E-state index is 0.354. The Morgan fingerprint density at radius 1 is 1.50 bits per heavy atom. The summed E-state index contributed by atoms with van der Waals surface area (Å²) in [5.41, 5.74) is 0. The molecule has 1 aliphatic carbocycles. The summed E-state index contributed by atoms with van der Waals surface area (Å²) < 4.78 is 4.95. The zero-order valence-corrected chi connectivity index (χ0v) is 11.5. The Labute approximate surface area is 104 Å². The van der Waals surface area contributed by atoms with Gasteiger partial charge in [-0.1, -0.05) is 6.92 Å². The zero-order valence-electron chi connectivity index (χ0n) is 10.7. The largest absolute Gasteiger partial charge is 0.389 e. The summed E-state index contributed by atoms with van der Waals surface area (Å²) in [5.74, 6) is 1.22. The summed E-state index contributed by atoms with van der Waals surface area (Å²) in [5, 5.41) is 10.5. The molecule has 1 aliphatic rings. The Morgan fingerprint density at radius 3 is 2.88 bits per heavy atom. The molecule has 0 aromatic carbocycles. The van der Waals surface area contributed by atoms with Crippen LogP contribution in [0.5, 0.6) is 0 Å². The van der Waals surface area contributed by atoms with Crippen molar-refractivity contribution in [1.29, 1.82) is 0 Å². The molecule has 0 bridgehead atoms. The van der Waals surface area contributed by atoms with Gasteiger partial charge in [0, 0.05) is 24.9 Å². The molecule has 1 rings (SSSR count). The van der Waals surface area contributed by atoms with Crippen LogP contribution >= 0.6 is 11.8 Å². The number of aliphatic hydroxyl groups excluding tert-OH is 1. The van der Waals surface area contributed by atoms with Gasteiger partial charge in [0.1, 0.15) is 0 Å². The second kappa shape index (κ2) is 7.54. The Bertz CT molecular complexity index is 192. The molecule has 0 radical (unpaired) electrons. The molecule has 0 spiro atoms. The van der Waals surface area contributed by atoms with Crippen molar-refractivity contribution in [3.63, 3.8) is 0 Å². The first kappa shape index (κ1) is 14.3. The van der Waals surface area contributed by atoms with Crippen LogP contribution in [0.15, 0.2) is 0 Å². The van der Waals surface area contributed by atoms with Crippen LogP contribution in [0.2, 0.25) is 0 Å². The lowest BCUT2D eigenvalue weighted by Crippen LogP contribution is -2.38. The van der Waals surface area contributed by atoms with E-state index in [1.165, 1.54) is 25.0 Å². The van der Waals surface area contributed by atoms with Crippen LogP contribution < -0.4 is 0 Å². The van der Waals surface area contributed by atoms with Gasteiger partial charge >= 0.3 is 0 Å². The van der Waals surface area contributed by atoms with Crippen LogP contribution in [-0.2, 0) is 4.74 Å². The standard InChI is InChI=1S/C12H25NO2S/c1-4-16-12-6-5-10(7-12)13(2)8-11(14)9-15-3/h10-12,14H,4-9H2,1-3H3/t10-,11-,12-/m1/s1. The molecule has 3 nitrogen and oxygen atoms in total. The van der Waals surface area contributed by atoms with E-state index in [9.17, 15) is 5.11 Å². The van der Waals surface area contributed by atoms with Crippen LogP contribution in [0.1, 0.15) is 26.2 Å². The Hall–Kier alpha value is 0.230. The predicted molar refractivity (Wildman–Crippen MR) is 70.1 cm³/mol. The maximum Gasteiger partial charge on any atom is 0.0900 e. The SMILES string of the molecule is CCS[C@@H]1CC[C@@H](N(C)C[C@@H](O)COC)C1. The van der Waals surface area contributed by atoms with Crippen LogP contribution in [0.25, 0.3) is 0 Å². The summed E-state index contributed by atoms with van der Waals surface area (Å²) in [4.78, 5) is 2.29. The van der Waals surface area contributed by atoms with Crippen molar-refractivity contribution in [2.24, 2.45) is 0 Å². The number of thioether (sulfide) groups is 1. The fourth-order valence-electron chi connectivity index (χ4n) is 2.43.